The van der Waals surface area contributed by atoms with Crippen molar-refractivity contribution in [3.8, 4) is 0 Å². The molecule has 0 unspecified atom stereocenters. The third-order valence-electron chi connectivity index (χ3n) is 2.54. The van der Waals surface area contributed by atoms with Crippen molar-refractivity contribution in [2.75, 3.05) is 18.0 Å². The standard InChI is InChI=1S/C9H12ClFN4.2ClH/c10-9-13-5-7(11)8(14-9)15-3-1-6(12)2-4-15;;/h5-6H,1-4,12H2;2*1H. The number of rotatable bonds is 1. The highest BCUT2D eigenvalue weighted by molar-refractivity contribution is 6.28. The first-order chi connectivity index (χ1) is 7.16. The molecule has 0 bridgehead atoms. The Bertz CT molecular complexity index is 358. The molecule has 2 heterocycles. The van der Waals surface area contributed by atoms with E-state index >= 15 is 0 Å². The lowest BCUT2D eigenvalue weighted by Crippen LogP contribution is -2.40. The summed E-state index contributed by atoms with van der Waals surface area (Å²) >= 11 is 5.62. The highest BCUT2D eigenvalue weighted by Crippen LogP contribution is 2.21. The summed E-state index contributed by atoms with van der Waals surface area (Å²) in [6.45, 7) is 1.43. The molecule has 1 aliphatic heterocycles. The molecule has 2 rings (SSSR count). The molecule has 0 aromatic carbocycles. The van der Waals surface area contributed by atoms with Gasteiger partial charge < -0.3 is 10.6 Å². The Morgan fingerprint density at radius 2 is 1.94 bits per heavy atom. The van der Waals surface area contributed by atoms with Crippen molar-refractivity contribution in [2.45, 2.75) is 18.9 Å². The lowest BCUT2D eigenvalue weighted by Gasteiger charge is -2.31. The lowest BCUT2D eigenvalue weighted by molar-refractivity contribution is 0.489. The highest BCUT2D eigenvalue weighted by Gasteiger charge is 2.20. The summed E-state index contributed by atoms with van der Waals surface area (Å²) in [6, 6.07) is 0.210. The molecule has 2 N–H and O–H groups in total. The Morgan fingerprint density at radius 3 is 2.53 bits per heavy atom. The second-order valence-electron chi connectivity index (χ2n) is 3.64. The Balaban J connectivity index is 0.00000128. The van der Waals surface area contributed by atoms with Crippen LogP contribution in [0.5, 0.6) is 0 Å². The first-order valence-corrected chi connectivity index (χ1v) is 5.23. The molecule has 1 aliphatic rings. The molecule has 1 aromatic heterocycles. The van der Waals surface area contributed by atoms with Crippen molar-refractivity contribution in [3.05, 3.63) is 17.3 Å². The quantitative estimate of drug-likeness (QED) is 0.807. The van der Waals surface area contributed by atoms with E-state index in [2.05, 4.69) is 9.97 Å². The van der Waals surface area contributed by atoms with Gasteiger partial charge in [0.2, 0.25) is 5.28 Å². The summed E-state index contributed by atoms with van der Waals surface area (Å²) in [5.41, 5.74) is 5.76. The summed E-state index contributed by atoms with van der Waals surface area (Å²) in [7, 11) is 0. The highest BCUT2D eigenvalue weighted by atomic mass is 35.5. The van der Waals surface area contributed by atoms with Crippen LogP contribution in [0.4, 0.5) is 10.2 Å². The van der Waals surface area contributed by atoms with E-state index in [4.69, 9.17) is 17.3 Å². The fourth-order valence-corrected chi connectivity index (χ4v) is 1.80. The van der Waals surface area contributed by atoms with E-state index in [0.29, 0.717) is 13.1 Å². The van der Waals surface area contributed by atoms with E-state index in [1.165, 1.54) is 0 Å². The van der Waals surface area contributed by atoms with Gasteiger partial charge in [-0.15, -0.1) is 24.8 Å². The third kappa shape index (κ3) is 4.10. The van der Waals surface area contributed by atoms with Gasteiger partial charge >= 0.3 is 0 Å². The number of hydrogen-bond donors (Lipinski definition) is 1. The average Bonchev–Trinajstić information content (AvgIpc) is 2.23. The molecule has 1 fully saturated rings. The van der Waals surface area contributed by atoms with E-state index < -0.39 is 5.82 Å². The summed E-state index contributed by atoms with van der Waals surface area (Å²) < 4.78 is 13.4. The molecule has 0 aliphatic carbocycles. The van der Waals surface area contributed by atoms with Gasteiger partial charge in [0.05, 0.1) is 6.20 Å². The second-order valence-corrected chi connectivity index (χ2v) is 3.97. The second kappa shape index (κ2) is 7.16. The minimum absolute atomic E-state index is 0. The van der Waals surface area contributed by atoms with Crippen LogP contribution in [0.25, 0.3) is 0 Å². The zero-order valence-corrected chi connectivity index (χ0v) is 11.4. The predicted molar refractivity (Wildman–Crippen MR) is 70.9 cm³/mol. The smallest absolute Gasteiger partial charge is 0.224 e. The largest absolute Gasteiger partial charge is 0.354 e. The molecular weight excluding hydrogens is 289 g/mol. The molecule has 17 heavy (non-hydrogen) atoms. The van der Waals surface area contributed by atoms with Crippen LogP contribution in [-0.4, -0.2) is 29.1 Å². The minimum Gasteiger partial charge on any atom is -0.354 e. The number of piperidine rings is 1. The predicted octanol–water partition coefficient (Wildman–Crippen LogP) is 2.04. The van der Waals surface area contributed by atoms with Gasteiger partial charge in [-0.25, -0.2) is 9.37 Å². The molecule has 8 heteroatoms. The maximum atomic E-state index is 13.4. The van der Waals surface area contributed by atoms with Crippen molar-refractivity contribution < 1.29 is 4.39 Å². The molecule has 1 saturated heterocycles. The molecule has 4 nitrogen and oxygen atoms in total. The van der Waals surface area contributed by atoms with Crippen molar-refractivity contribution >= 4 is 42.2 Å². The molecule has 0 amide bonds. The molecule has 1 aromatic rings. The van der Waals surface area contributed by atoms with Crippen molar-refractivity contribution in [3.63, 3.8) is 0 Å². The fraction of sp³-hybridized carbons (Fsp3) is 0.556. The Kier molecular flexibility index (Phi) is 7.01. The minimum atomic E-state index is -0.435. The number of halogens is 4. The van der Waals surface area contributed by atoms with Gasteiger partial charge in [-0.05, 0) is 24.4 Å². The molecule has 0 atom stereocenters. The van der Waals surface area contributed by atoms with Crippen molar-refractivity contribution in [1.29, 1.82) is 0 Å². The first-order valence-electron chi connectivity index (χ1n) is 4.85. The van der Waals surface area contributed by atoms with E-state index in [0.717, 1.165) is 19.0 Å². The van der Waals surface area contributed by atoms with Crippen LogP contribution in [0.15, 0.2) is 6.20 Å². The number of anilines is 1. The van der Waals surface area contributed by atoms with E-state index in [9.17, 15) is 4.39 Å². The van der Waals surface area contributed by atoms with E-state index in [1.807, 2.05) is 4.90 Å². The SMILES string of the molecule is Cl.Cl.NC1CCN(c2nc(Cl)ncc2F)CC1. The van der Waals surface area contributed by atoms with Gasteiger partial charge in [-0.2, -0.15) is 4.98 Å². The maximum Gasteiger partial charge on any atom is 0.224 e. The molecule has 98 valence electrons. The van der Waals surface area contributed by atoms with Crippen LogP contribution in [0, 0.1) is 5.82 Å². The molecule has 0 radical (unpaired) electrons. The van der Waals surface area contributed by atoms with Gasteiger partial charge in [0.25, 0.3) is 0 Å². The monoisotopic (exact) mass is 302 g/mol. The zero-order valence-electron chi connectivity index (χ0n) is 8.97. The van der Waals surface area contributed by atoms with Gasteiger partial charge in [0.15, 0.2) is 11.6 Å². The topological polar surface area (TPSA) is 55.0 Å². The normalized spacial score (nSPS) is 16.1. The van der Waals surface area contributed by atoms with Gasteiger partial charge in [0, 0.05) is 19.1 Å². The van der Waals surface area contributed by atoms with Crippen LogP contribution in [0.2, 0.25) is 5.28 Å². The van der Waals surface area contributed by atoms with Crippen LogP contribution >= 0.6 is 36.4 Å². The van der Waals surface area contributed by atoms with Crippen LogP contribution in [0.1, 0.15) is 12.8 Å². The third-order valence-corrected chi connectivity index (χ3v) is 2.72. The zero-order chi connectivity index (χ0) is 10.8. The van der Waals surface area contributed by atoms with Crippen LogP contribution < -0.4 is 10.6 Å². The van der Waals surface area contributed by atoms with E-state index in [-0.39, 0.29) is 42.0 Å². The Labute approximate surface area is 117 Å². The van der Waals surface area contributed by atoms with Crippen molar-refractivity contribution in [1.82, 2.24) is 9.97 Å². The molecule has 0 spiro atoms. The first kappa shape index (κ1) is 16.6. The van der Waals surface area contributed by atoms with Crippen molar-refractivity contribution in [2.24, 2.45) is 5.73 Å². The average molecular weight is 304 g/mol. The number of nitrogens with two attached hydrogens (primary N) is 1. The van der Waals surface area contributed by atoms with Gasteiger partial charge in [-0.1, -0.05) is 0 Å². The number of hydrogen-bond acceptors (Lipinski definition) is 4. The molecular formula is C9H14Cl3FN4. The maximum absolute atomic E-state index is 13.4. The summed E-state index contributed by atoms with van der Waals surface area (Å²) in [4.78, 5) is 9.32. The fourth-order valence-electron chi connectivity index (χ4n) is 1.67. The van der Waals surface area contributed by atoms with Gasteiger partial charge in [0.1, 0.15) is 0 Å². The van der Waals surface area contributed by atoms with Gasteiger partial charge in [-0.3, -0.25) is 0 Å². The summed E-state index contributed by atoms with van der Waals surface area (Å²) in [5.74, 6) is -0.156. The number of aromatic nitrogens is 2. The lowest BCUT2D eigenvalue weighted by atomic mass is 10.1. The summed E-state index contributed by atoms with van der Waals surface area (Å²) in [6.07, 6.45) is 2.79. The van der Waals surface area contributed by atoms with Crippen LogP contribution in [0.3, 0.4) is 0 Å². The Morgan fingerprint density at radius 1 is 1.35 bits per heavy atom. The molecule has 0 saturated carbocycles. The Hall–Kier alpha value is -0.360. The van der Waals surface area contributed by atoms with E-state index in [1.54, 1.807) is 0 Å². The number of nitrogens with zero attached hydrogens (tertiary/aromatic N) is 3. The summed E-state index contributed by atoms with van der Waals surface area (Å²) in [5, 5.41) is 0.0706. The van der Waals surface area contributed by atoms with Crippen LogP contribution in [-0.2, 0) is 0 Å².